The lowest BCUT2D eigenvalue weighted by Crippen LogP contribution is -2.52. The first kappa shape index (κ1) is 15.2. The Bertz CT molecular complexity index is 677. The molecule has 8 nitrogen and oxygen atoms in total. The van der Waals surface area contributed by atoms with Crippen molar-refractivity contribution in [1.29, 1.82) is 0 Å². The van der Waals surface area contributed by atoms with Crippen LogP contribution in [0.25, 0.3) is 6.08 Å². The van der Waals surface area contributed by atoms with Gasteiger partial charge in [-0.25, -0.2) is 9.59 Å². The van der Waals surface area contributed by atoms with E-state index in [2.05, 4.69) is 0 Å². The van der Waals surface area contributed by atoms with Crippen molar-refractivity contribution in [2.75, 3.05) is 13.7 Å². The third-order valence-corrected chi connectivity index (χ3v) is 2.86. The summed E-state index contributed by atoms with van der Waals surface area (Å²) in [5, 5.41) is 10.5. The zero-order valence-corrected chi connectivity index (χ0v) is 11.5. The number of carboxylic acids is 1. The Morgan fingerprint density at radius 3 is 2.50 bits per heavy atom. The summed E-state index contributed by atoms with van der Waals surface area (Å²) in [4.78, 5) is 46.0. The molecule has 1 aromatic carbocycles. The quantitative estimate of drug-likeness (QED) is 0.608. The van der Waals surface area contributed by atoms with Gasteiger partial charge in [0.05, 0.1) is 0 Å². The Balaban J connectivity index is 2.18. The maximum atomic E-state index is 11.9. The maximum absolute atomic E-state index is 11.9. The molecule has 2 rings (SSSR count). The lowest BCUT2D eigenvalue weighted by Gasteiger charge is -2.22. The summed E-state index contributed by atoms with van der Waals surface area (Å²) in [7, 11) is 1.26. The van der Waals surface area contributed by atoms with E-state index in [4.69, 9.17) is 9.84 Å². The summed E-state index contributed by atoms with van der Waals surface area (Å²) < 4.78 is 4.97. The summed E-state index contributed by atoms with van der Waals surface area (Å²) >= 11 is 0. The number of carboxylic acid groups (broad SMARTS) is 1. The third kappa shape index (κ3) is 3.29. The summed E-state index contributed by atoms with van der Waals surface area (Å²) in [6.45, 7) is -0.464. The van der Waals surface area contributed by atoms with Crippen LogP contribution in [0, 0.1) is 0 Å². The standard InChI is InChI=1S/C14H12N2O6/c1-16-13(20)10(12(19)15-14(16)21)6-8-2-4-9(5-3-8)22-7-11(17)18/h2-6H,7H2,1H3,(H,17,18)(H,15,19,21)/b10-6+. The van der Waals surface area contributed by atoms with Gasteiger partial charge in [0, 0.05) is 7.05 Å². The fraction of sp³-hybridized carbons (Fsp3) is 0.143. The minimum atomic E-state index is -1.09. The van der Waals surface area contributed by atoms with Gasteiger partial charge in [0.15, 0.2) is 6.61 Å². The van der Waals surface area contributed by atoms with Gasteiger partial charge in [-0.2, -0.15) is 0 Å². The molecule has 0 radical (unpaired) electrons. The molecule has 1 saturated heterocycles. The van der Waals surface area contributed by atoms with Crippen LogP contribution in [-0.2, 0) is 14.4 Å². The number of aliphatic carboxylic acids is 1. The van der Waals surface area contributed by atoms with Crippen LogP contribution in [0.1, 0.15) is 5.56 Å². The van der Waals surface area contributed by atoms with Crippen LogP contribution in [0.4, 0.5) is 4.79 Å². The van der Waals surface area contributed by atoms with Gasteiger partial charge in [-0.1, -0.05) is 12.1 Å². The molecule has 0 saturated carbocycles. The first-order chi connectivity index (χ1) is 10.4. The molecule has 0 bridgehead atoms. The number of amides is 4. The van der Waals surface area contributed by atoms with E-state index in [-0.39, 0.29) is 5.57 Å². The molecule has 1 aliphatic rings. The monoisotopic (exact) mass is 304 g/mol. The number of hydrogen-bond acceptors (Lipinski definition) is 5. The van der Waals surface area contributed by atoms with Crippen LogP contribution < -0.4 is 10.1 Å². The second-order valence-electron chi connectivity index (χ2n) is 4.43. The number of nitrogens with one attached hydrogen (secondary N) is 1. The van der Waals surface area contributed by atoms with E-state index in [1.54, 1.807) is 12.1 Å². The Morgan fingerprint density at radius 2 is 1.91 bits per heavy atom. The van der Waals surface area contributed by atoms with Crippen LogP contribution in [0.3, 0.4) is 0 Å². The highest BCUT2D eigenvalue weighted by Gasteiger charge is 2.32. The van der Waals surface area contributed by atoms with E-state index in [9.17, 15) is 19.2 Å². The third-order valence-electron chi connectivity index (χ3n) is 2.86. The average Bonchev–Trinajstić information content (AvgIpc) is 2.48. The van der Waals surface area contributed by atoms with Crippen molar-refractivity contribution in [1.82, 2.24) is 10.2 Å². The van der Waals surface area contributed by atoms with E-state index in [0.29, 0.717) is 11.3 Å². The molecule has 0 atom stereocenters. The van der Waals surface area contributed by atoms with Gasteiger partial charge in [0.1, 0.15) is 11.3 Å². The lowest BCUT2D eigenvalue weighted by molar-refractivity contribution is -0.139. The normalized spacial score (nSPS) is 16.7. The highest BCUT2D eigenvalue weighted by molar-refractivity contribution is 6.30. The molecular weight excluding hydrogens is 292 g/mol. The smallest absolute Gasteiger partial charge is 0.341 e. The van der Waals surface area contributed by atoms with E-state index in [1.807, 2.05) is 5.32 Å². The topological polar surface area (TPSA) is 113 Å². The second kappa shape index (κ2) is 6.08. The van der Waals surface area contributed by atoms with Crippen molar-refractivity contribution in [2.45, 2.75) is 0 Å². The largest absolute Gasteiger partial charge is 0.482 e. The van der Waals surface area contributed by atoms with Gasteiger partial charge in [-0.15, -0.1) is 0 Å². The first-order valence-electron chi connectivity index (χ1n) is 6.18. The second-order valence-corrected chi connectivity index (χ2v) is 4.43. The molecule has 1 fully saturated rings. The van der Waals surface area contributed by atoms with Gasteiger partial charge in [0.25, 0.3) is 11.8 Å². The van der Waals surface area contributed by atoms with Gasteiger partial charge in [0.2, 0.25) is 0 Å². The molecule has 4 amide bonds. The summed E-state index contributed by atoms with van der Waals surface area (Å²) in [6.07, 6.45) is 1.33. The van der Waals surface area contributed by atoms with Gasteiger partial charge in [-0.3, -0.25) is 19.8 Å². The van der Waals surface area contributed by atoms with Crippen molar-refractivity contribution in [3.8, 4) is 5.75 Å². The molecule has 22 heavy (non-hydrogen) atoms. The molecule has 8 heteroatoms. The van der Waals surface area contributed by atoms with Crippen LogP contribution in [0.2, 0.25) is 0 Å². The number of hydrogen-bond donors (Lipinski definition) is 2. The summed E-state index contributed by atoms with van der Waals surface area (Å²) in [6, 6.07) is 5.36. The molecular formula is C14H12N2O6. The first-order valence-corrected chi connectivity index (χ1v) is 6.18. The molecule has 114 valence electrons. The SMILES string of the molecule is CN1C(=O)NC(=O)/C(=C\c2ccc(OCC(=O)O)cc2)C1=O. The number of ether oxygens (including phenoxy) is 1. The number of likely N-dealkylation sites (N-methyl/N-ethyl adjacent to an activating group) is 1. The van der Waals surface area contributed by atoms with Crippen LogP contribution in [0.15, 0.2) is 29.8 Å². The van der Waals surface area contributed by atoms with Crippen LogP contribution in [0.5, 0.6) is 5.75 Å². The van der Waals surface area contributed by atoms with Crippen LogP contribution in [-0.4, -0.2) is 47.5 Å². The Kier molecular flexibility index (Phi) is 4.21. The Hall–Kier alpha value is -3.16. The summed E-state index contributed by atoms with van der Waals surface area (Å²) in [5.41, 5.74) is 0.366. The highest BCUT2D eigenvalue weighted by Crippen LogP contribution is 2.17. The number of rotatable bonds is 4. The molecule has 1 heterocycles. The predicted molar refractivity (Wildman–Crippen MR) is 73.9 cm³/mol. The lowest BCUT2D eigenvalue weighted by atomic mass is 10.1. The maximum Gasteiger partial charge on any atom is 0.341 e. The van der Waals surface area contributed by atoms with Crippen LogP contribution >= 0.6 is 0 Å². The molecule has 0 aliphatic carbocycles. The van der Waals surface area contributed by atoms with E-state index in [0.717, 1.165) is 4.90 Å². The highest BCUT2D eigenvalue weighted by atomic mass is 16.5. The molecule has 1 aliphatic heterocycles. The van der Waals surface area contributed by atoms with Crippen molar-refractivity contribution in [3.05, 3.63) is 35.4 Å². The predicted octanol–water partition coefficient (Wildman–Crippen LogP) is 0.242. The minimum absolute atomic E-state index is 0.165. The average molecular weight is 304 g/mol. The molecule has 0 unspecified atom stereocenters. The van der Waals surface area contributed by atoms with E-state index < -0.39 is 30.4 Å². The summed E-state index contributed by atoms with van der Waals surface area (Å²) in [5.74, 6) is -2.21. The molecule has 2 N–H and O–H groups in total. The van der Waals surface area contributed by atoms with Gasteiger partial charge >= 0.3 is 12.0 Å². The minimum Gasteiger partial charge on any atom is -0.482 e. The number of imide groups is 2. The Morgan fingerprint density at radius 1 is 1.27 bits per heavy atom. The van der Waals surface area contributed by atoms with Gasteiger partial charge < -0.3 is 9.84 Å². The van der Waals surface area contributed by atoms with Crippen molar-refractivity contribution in [3.63, 3.8) is 0 Å². The zero-order chi connectivity index (χ0) is 16.3. The number of barbiturate groups is 1. The molecule has 0 aromatic heterocycles. The fourth-order valence-corrected chi connectivity index (χ4v) is 1.72. The van der Waals surface area contributed by atoms with E-state index in [1.165, 1.54) is 25.3 Å². The number of carbonyl (C=O) groups is 4. The zero-order valence-electron chi connectivity index (χ0n) is 11.5. The number of benzene rings is 1. The van der Waals surface area contributed by atoms with Crippen molar-refractivity contribution in [2.24, 2.45) is 0 Å². The molecule has 0 spiro atoms. The van der Waals surface area contributed by atoms with Crippen molar-refractivity contribution >= 4 is 29.9 Å². The fourth-order valence-electron chi connectivity index (χ4n) is 1.72. The molecule has 1 aromatic rings. The number of nitrogens with zero attached hydrogens (tertiary/aromatic N) is 1. The number of carbonyl (C=O) groups excluding carboxylic acids is 3. The Labute approximate surface area is 125 Å². The van der Waals surface area contributed by atoms with Gasteiger partial charge in [-0.05, 0) is 23.8 Å². The number of urea groups is 1. The van der Waals surface area contributed by atoms with Crippen molar-refractivity contribution < 1.29 is 29.0 Å². The van der Waals surface area contributed by atoms with E-state index >= 15 is 0 Å².